The maximum atomic E-state index is 10.9. The molecule has 2 N–H and O–H groups in total. The van der Waals surface area contributed by atoms with Crippen molar-refractivity contribution in [3.8, 4) is 5.88 Å². The van der Waals surface area contributed by atoms with Crippen LogP contribution in [0.3, 0.4) is 0 Å². The number of carbonyl (C=O) groups is 1. The Morgan fingerprint density at radius 2 is 2.04 bits per heavy atom. The molecule has 0 amide bonds. The summed E-state index contributed by atoms with van der Waals surface area (Å²) in [6.45, 7) is 0. The third-order valence-corrected chi connectivity index (χ3v) is 4.74. The van der Waals surface area contributed by atoms with E-state index in [1.807, 2.05) is 30.3 Å². The molecule has 2 heterocycles. The van der Waals surface area contributed by atoms with Gasteiger partial charge in [0, 0.05) is 23.0 Å². The van der Waals surface area contributed by atoms with E-state index in [9.17, 15) is 15.0 Å². The van der Waals surface area contributed by atoms with E-state index in [1.165, 1.54) is 23.5 Å². The zero-order chi connectivity index (χ0) is 18.1. The molecular weight excluding hydrogens is 350 g/mol. The monoisotopic (exact) mass is 362 g/mol. The summed E-state index contributed by atoms with van der Waals surface area (Å²) in [4.78, 5) is 20.0. The van der Waals surface area contributed by atoms with E-state index in [1.54, 1.807) is 18.3 Å². The molecule has 0 saturated heterocycles. The van der Waals surface area contributed by atoms with Crippen LogP contribution >= 0.6 is 11.3 Å². The van der Waals surface area contributed by atoms with Crippen molar-refractivity contribution < 1.29 is 15.0 Å². The van der Waals surface area contributed by atoms with Crippen LogP contribution in [0.1, 0.15) is 20.8 Å². The highest BCUT2D eigenvalue weighted by Crippen LogP contribution is 2.37. The van der Waals surface area contributed by atoms with Crippen molar-refractivity contribution in [2.24, 2.45) is 4.99 Å². The Kier molecular flexibility index (Phi) is 3.98. The van der Waals surface area contributed by atoms with Gasteiger partial charge in [-0.05, 0) is 29.8 Å². The number of benzene rings is 2. The lowest BCUT2D eigenvalue weighted by atomic mass is 10.1. The number of aromatic hydroxyl groups is 1. The summed E-state index contributed by atoms with van der Waals surface area (Å²) in [6.07, 6.45) is 3.57. The predicted molar refractivity (Wildman–Crippen MR) is 100 cm³/mol. The van der Waals surface area contributed by atoms with Crippen molar-refractivity contribution in [1.82, 2.24) is 4.98 Å². The lowest BCUT2D eigenvalue weighted by molar-refractivity contribution is -0.255. The summed E-state index contributed by atoms with van der Waals surface area (Å²) in [6, 6.07) is 14.0. The van der Waals surface area contributed by atoms with E-state index in [-0.39, 0.29) is 11.4 Å². The molecule has 1 aromatic heterocycles. The maximum absolute atomic E-state index is 10.9. The zero-order valence-corrected chi connectivity index (χ0v) is 14.2. The molecule has 0 bridgehead atoms. The van der Waals surface area contributed by atoms with Gasteiger partial charge < -0.3 is 20.3 Å². The summed E-state index contributed by atoms with van der Waals surface area (Å²) in [5.41, 5.74) is 3.39. The Morgan fingerprint density at radius 1 is 1.19 bits per heavy atom. The fraction of sp³-hybridized carbons (Fsp3) is 0. The summed E-state index contributed by atoms with van der Waals surface area (Å²) in [5.74, 6) is -1.35. The average Bonchev–Trinajstić information content (AvgIpc) is 3.19. The van der Waals surface area contributed by atoms with Crippen LogP contribution in [0.25, 0.3) is 11.6 Å². The SMILES string of the molecule is O=C([O-])c1cccc(Nc2nc(O)c(/C=C3\C=Nc4ccccc43)s2)c1. The Morgan fingerprint density at radius 3 is 2.88 bits per heavy atom. The molecule has 2 aromatic carbocycles. The van der Waals surface area contributed by atoms with E-state index in [0.29, 0.717) is 15.7 Å². The van der Waals surface area contributed by atoms with E-state index >= 15 is 0 Å². The molecule has 1 aliphatic rings. The quantitative estimate of drug-likeness (QED) is 0.743. The molecular formula is C19H12N3O3S-. The van der Waals surface area contributed by atoms with Gasteiger partial charge in [0.1, 0.15) is 0 Å². The minimum Gasteiger partial charge on any atom is -0.545 e. The minimum atomic E-state index is -1.25. The van der Waals surface area contributed by atoms with Crippen LogP contribution in [0, 0.1) is 0 Å². The van der Waals surface area contributed by atoms with E-state index in [0.717, 1.165) is 16.8 Å². The summed E-state index contributed by atoms with van der Waals surface area (Å²) >= 11 is 1.26. The van der Waals surface area contributed by atoms with Crippen LogP contribution < -0.4 is 10.4 Å². The largest absolute Gasteiger partial charge is 0.545 e. The maximum Gasteiger partial charge on any atom is 0.231 e. The van der Waals surface area contributed by atoms with Crippen molar-refractivity contribution in [2.75, 3.05) is 5.32 Å². The molecule has 0 spiro atoms. The molecule has 7 heteroatoms. The van der Waals surface area contributed by atoms with Crippen molar-refractivity contribution in [3.05, 3.63) is 64.5 Å². The lowest BCUT2D eigenvalue weighted by Gasteiger charge is -2.06. The Hall–Kier alpha value is -3.45. The summed E-state index contributed by atoms with van der Waals surface area (Å²) < 4.78 is 0. The molecule has 0 saturated carbocycles. The number of aliphatic imine (C=N–C) groups is 1. The molecule has 4 rings (SSSR count). The van der Waals surface area contributed by atoms with Crippen LogP contribution in [0.2, 0.25) is 0 Å². The average molecular weight is 362 g/mol. The first-order valence-corrected chi connectivity index (χ1v) is 8.55. The van der Waals surface area contributed by atoms with E-state index in [2.05, 4.69) is 15.3 Å². The number of carboxylic acid groups (broad SMARTS) is 1. The number of allylic oxidation sites excluding steroid dienone is 1. The topological polar surface area (TPSA) is 97.6 Å². The number of aromatic nitrogens is 1. The molecule has 0 aliphatic carbocycles. The van der Waals surface area contributed by atoms with Gasteiger partial charge in [0.15, 0.2) is 5.13 Å². The molecule has 3 aromatic rings. The number of carboxylic acids is 1. The first-order chi connectivity index (χ1) is 12.6. The first-order valence-electron chi connectivity index (χ1n) is 7.73. The number of nitrogens with one attached hydrogen (secondary N) is 1. The van der Waals surface area contributed by atoms with Gasteiger partial charge in [-0.3, -0.25) is 4.99 Å². The first kappa shape index (κ1) is 16.0. The highest BCUT2D eigenvalue weighted by Gasteiger charge is 2.14. The second-order valence-corrected chi connectivity index (χ2v) is 6.61. The van der Waals surface area contributed by atoms with E-state index in [4.69, 9.17) is 0 Å². The molecule has 6 nitrogen and oxygen atoms in total. The van der Waals surface area contributed by atoms with Gasteiger partial charge >= 0.3 is 0 Å². The van der Waals surface area contributed by atoms with Gasteiger partial charge in [-0.1, -0.05) is 41.7 Å². The van der Waals surface area contributed by atoms with Gasteiger partial charge in [-0.15, -0.1) is 0 Å². The van der Waals surface area contributed by atoms with Gasteiger partial charge in [-0.2, -0.15) is 4.98 Å². The fourth-order valence-electron chi connectivity index (χ4n) is 2.61. The van der Waals surface area contributed by atoms with Gasteiger partial charge in [0.05, 0.1) is 16.5 Å². The van der Waals surface area contributed by atoms with Crippen molar-refractivity contribution >= 4 is 51.7 Å². The zero-order valence-electron chi connectivity index (χ0n) is 13.3. The Labute approximate surface area is 152 Å². The van der Waals surface area contributed by atoms with Crippen LogP contribution in [0.5, 0.6) is 5.88 Å². The van der Waals surface area contributed by atoms with Crippen molar-refractivity contribution in [2.45, 2.75) is 0 Å². The molecule has 0 radical (unpaired) electrons. The number of anilines is 2. The number of nitrogens with zero attached hydrogens (tertiary/aromatic N) is 2. The molecule has 26 heavy (non-hydrogen) atoms. The predicted octanol–water partition coefficient (Wildman–Crippen LogP) is 3.21. The summed E-state index contributed by atoms with van der Waals surface area (Å²) in [7, 11) is 0. The normalized spacial score (nSPS) is 13.8. The molecule has 128 valence electrons. The number of para-hydroxylation sites is 1. The molecule has 1 aliphatic heterocycles. The smallest absolute Gasteiger partial charge is 0.231 e. The highest BCUT2D eigenvalue weighted by atomic mass is 32.1. The number of rotatable bonds is 4. The van der Waals surface area contributed by atoms with Crippen LogP contribution in [0.15, 0.2) is 53.5 Å². The standard InChI is InChI=1S/C19H13N3O3S/c23-17-16(9-12-10-20-15-7-2-1-6-14(12)15)26-19(22-17)21-13-5-3-4-11(8-13)18(24)25/h1-10,23H,(H,21,22)(H,24,25)/p-1/b12-9+. The van der Waals surface area contributed by atoms with Gasteiger partial charge in [-0.25, -0.2) is 0 Å². The van der Waals surface area contributed by atoms with Gasteiger partial charge in [0.25, 0.3) is 0 Å². The third kappa shape index (κ3) is 3.07. The number of carbonyl (C=O) groups excluding carboxylic acids is 1. The second kappa shape index (κ2) is 6.45. The van der Waals surface area contributed by atoms with Crippen LogP contribution in [-0.4, -0.2) is 22.3 Å². The van der Waals surface area contributed by atoms with Crippen LogP contribution in [0.4, 0.5) is 16.5 Å². The molecule has 0 fully saturated rings. The molecule has 0 unspecified atom stereocenters. The van der Waals surface area contributed by atoms with Crippen molar-refractivity contribution in [1.29, 1.82) is 0 Å². The second-order valence-electron chi connectivity index (χ2n) is 5.58. The minimum absolute atomic E-state index is 0.0666. The van der Waals surface area contributed by atoms with Crippen molar-refractivity contribution in [3.63, 3.8) is 0 Å². The lowest BCUT2D eigenvalue weighted by Crippen LogP contribution is -2.22. The highest BCUT2D eigenvalue weighted by molar-refractivity contribution is 7.16. The number of hydrogen-bond acceptors (Lipinski definition) is 7. The number of aromatic carboxylic acids is 1. The third-order valence-electron chi connectivity index (χ3n) is 3.83. The fourth-order valence-corrected chi connectivity index (χ4v) is 3.45. The van der Waals surface area contributed by atoms with Gasteiger partial charge in [0.2, 0.25) is 5.88 Å². The molecule has 0 atom stereocenters. The van der Waals surface area contributed by atoms with E-state index < -0.39 is 5.97 Å². The summed E-state index contributed by atoms with van der Waals surface area (Å²) in [5, 5.41) is 24.5. The Balaban J connectivity index is 1.61. The number of thiazole rings is 1. The number of hydrogen-bond donors (Lipinski definition) is 2. The van der Waals surface area contributed by atoms with Crippen LogP contribution in [-0.2, 0) is 0 Å². The Bertz CT molecular complexity index is 1070. The number of fused-ring (bicyclic) bond motifs is 1.